The van der Waals surface area contributed by atoms with E-state index in [1.165, 1.54) is 4.31 Å². The molecule has 5 nitrogen and oxygen atoms in total. The van der Waals surface area contributed by atoms with E-state index in [0.717, 1.165) is 18.4 Å². The second-order valence-electron chi connectivity index (χ2n) is 5.35. The lowest BCUT2D eigenvalue weighted by atomic mass is 10.0. The predicted octanol–water partition coefficient (Wildman–Crippen LogP) is 2.85. The standard InChI is InChI=1S/C17H19NO4S/c1-21-14-7-9-16(10-8-14)23(19,20)18-11-3-4-13-5-6-15(22-2)12-17(13)18/h5-10,12H,3-4,11H2,1-2H3. The lowest BCUT2D eigenvalue weighted by molar-refractivity contribution is 0.414. The number of rotatable bonds is 4. The summed E-state index contributed by atoms with van der Waals surface area (Å²) in [4.78, 5) is 0.258. The molecule has 3 rings (SSSR count). The van der Waals surface area contributed by atoms with Gasteiger partial charge in [-0.2, -0.15) is 0 Å². The average molecular weight is 333 g/mol. The van der Waals surface area contributed by atoms with Gasteiger partial charge in [-0.05, 0) is 48.7 Å². The number of hydrogen-bond donors (Lipinski definition) is 0. The topological polar surface area (TPSA) is 55.8 Å². The van der Waals surface area contributed by atoms with E-state index in [1.54, 1.807) is 44.6 Å². The molecular formula is C17H19NO4S. The molecule has 0 aliphatic carbocycles. The van der Waals surface area contributed by atoms with E-state index in [-0.39, 0.29) is 4.90 Å². The number of sulfonamides is 1. The monoisotopic (exact) mass is 333 g/mol. The number of anilines is 1. The number of aryl methyl sites for hydroxylation is 1. The van der Waals surface area contributed by atoms with Gasteiger partial charge in [-0.15, -0.1) is 0 Å². The molecule has 0 spiro atoms. The molecule has 0 saturated carbocycles. The van der Waals surface area contributed by atoms with Crippen LogP contribution in [0.4, 0.5) is 5.69 Å². The van der Waals surface area contributed by atoms with Crippen molar-refractivity contribution in [3.63, 3.8) is 0 Å². The molecule has 0 saturated heterocycles. The van der Waals surface area contributed by atoms with Gasteiger partial charge in [0.1, 0.15) is 11.5 Å². The number of nitrogens with zero attached hydrogens (tertiary/aromatic N) is 1. The Balaban J connectivity index is 2.04. The summed E-state index contributed by atoms with van der Waals surface area (Å²) >= 11 is 0. The molecule has 2 aromatic rings. The SMILES string of the molecule is COc1ccc(S(=O)(=O)N2CCCc3ccc(OC)cc32)cc1. The molecule has 122 valence electrons. The van der Waals surface area contributed by atoms with Crippen molar-refractivity contribution in [2.24, 2.45) is 0 Å². The van der Waals surface area contributed by atoms with Crippen molar-refractivity contribution in [3.8, 4) is 11.5 Å². The fourth-order valence-electron chi connectivity index (χ4n) is 2.77. The van der Waals surface area contributed by atoms with E-state index in [4.69, 9.17) is 9.47 Å². The first-order chi connectivity index (χ1) is 11.1. The Morgan fingerprint density at radius 2 is 1.61 bits per heavy atom. The van der Waals surface area contributed by atoms with Crippen LogP contribution in [0, 0.1) is 0 Å². The van der Waals surface area contributed by atoms with E-state index in [9.17, 15) is 8.42 Å². The fraction of sp³-hybridized carbons (Fsp3) is 0.294. The van der Waals surface area contributed by atoms with Crippen LogP contribution in [0.3, 0.4) is 0 Å². The normalized spacial score (nSPS) is 14.3. The van der Waals surface area contributed by atoms with Crippen LogP contribution in [-0.4, -0.2) is 29.2 Å². The molecular weight excluding hydrogens is 314 g/mol. The van der Waals surface area contributed by atoms with Crippen molar-refractivity contribution >= 4 is 15.7 Å². The Labute approximate surface area is 136 Å². The van der Waals surface area contributed by atoms with Crippen LogP contribution in [0.2, 0.25) is 0 Å². The summed E-state index contributed by atoms with van der Waals surface area (Å²) in [6, 6.07) is 12.0. The maximum atomic E-state index is 13.0. The molecule has 0 amide bonds. The van der Waals surface area contributed by atoms with Crippen molar-refractivity contribution < 1.29 is 17.9 Å². The number of ether oxygens (including phenoxy) is 2. The van der Waals surface area contributed by atoms with Gasteiger partial charge in [-0.3, -0.25) is 4.31 Å². The maximum Gasteiger partial charge on any atom is 0.264 e. The summed E-state index contributed by atoms with van der Waals surface area (Å²) < 4.78 is 37.8. The molecule has 0 atom stereocenters. The number of methoxy groups -OCH3 is 2. The number of benzene rings is 2. The van der Waals surface area contributed by atoms with Gasteiger partial charge >= 0.3 is 0 Å². The first-order valence-corrected chi connectivity index (χ1v) is 8.84. The third kappa shape index (κ3) is 2.86. The second kappa shape index (κ2) is 6.12. The summed E-state index contributed by atoms with van der Waals surface area (Å²) in [6.45, 7) is 0.467. The van der Waals surface area contributed by atoms with Crippen LogP contribution >= 0.6 is 0 Å². The van der Waals surface area contributed by atoms with Crippen molar-refractivity contribution in [1.29, 1.82) is 0 Å². The van der Waals surface area contributed by atoms with Gasteiger partial charge in [0, 0.05) is 12.6 Å². The largest absolute Gasteiger partial charge is 0.497 e. The molecule has 23 heavy (non-hydrogen) atoms. The minimum absolute atomic E-state index is 0.258. The zero-order valence-corrected chi connectivity index (χ0v) is 14.0. The molecule has 0 radical (unpaired) electrons. The van der Waals surface area contributed by atoms with Gasteiger partial charge in [-0.25, -0.2) is 8.42 Å². The van der Waals surface area contributed by atoms with Gasteiger partial charge in [0.2, 0.25) is 0 Å². The summed E-state index contributed by atoms with van der Waals surface area (Å²) in [5.41, 5.74) is 1.72. The average Bonchev–Trinajstić information content (AvgIpc) is 2.60. The Bertz CT molecular complexity index is 800. The Morgan fingerprint density at radius 3 is 2.26 bits per heavy atom. The lowest BCUT2D eigenvalue weighted by Crippen LogP contribution is -2.35. The molecule has 0 fully saturated rings. The quantitative estimate of drug-likeness (QED) is 0.863. The molecule has 1 aliphatic rings. The Hall–Kier alpha value is -2.21. The Morgan fingerprint density at radius 1 is 0.957 bits per heavy atom. The molecule has 0 bridgehead atoms. The molecule has 0 N–H and O–H groups in total. The lowest BCUT2D eigenvalue weighted by Gasteiger charge is -2.30. The van der Waals surface area contributed by atoms with Crippen LogP contribution in [0.1, 0.15) is 12.0 Å². The van der Waals surface area contributed by atoms with E-state index in [2.05, 4.69) is 0 Å². The van der Waals surface area contributed by atoms with Gasteiger partial charge in [0.25, 0.3) is 10.0 Å². The van der Waals surface area contributed by atoms with Crippen molar-refractivity contribution in [2.45, 2.75) is 17.7 Å². The Kier molecular flexibility index (Phi) is 4.17. The van der Waals surface area contributed by atoms with Gasteiger partial charge in [0.05, 0.1) is 24.8 Å². The molecule has 0 unspecified atom stereocenters. The van der Waals surface area contributed by atoms with E-state index in [1.807, 2.05) is 12.1 Å². The predicted molar refractivity (Wildman–Crippen MR) is 88.8 cm³/mol. The second-order valence-corrected chi connectivity index (χ2v) is 7.21. The van der Waals surface area contributed by atoms with Crippen LogP contribution in [-0.2, 0) is 16.4 Å². The highest BCUT2D eigenvalue weighted by atomic mass is 32.2. The zero-order valence-electron chi connectivity index (χ0n) is 13.2. The van der Waals surface area contributed by atoms with Crippen LogP contribution in [0.25, 0.3) is 0 Å². The molecule has 1 heterocycles. The van der Waals surface area contributed by atoms with Crippen LogP contribution < -0.4 is 13.8 Å². The fourth-order valence-corrected chi connectivity index (χ4v) is 4.31. The van der Waals surface area contributed by atoms with Gasteiger partial charge in [-0.1, -0.05) is 6.07 Å². The molecule has 6 heteroatoms. The third-order valence-corrected chi connectivity index (χ3v) is 5.84. The summed E-state index contributed by atoms with van der Waals surface area (Å²) in [6.07, 6.45) is 1.67. The summed E-state index contributed by atoms with van der Waals surface area (Å²) in [5.74, 6) is 1.28. The first kappa shape index (κ1) is 15.7. The van der Waals surface area contributed by atoms with Gasteiger partial charge < -0.3 is 9.47 Å². The highest BCUT2D eigenvalue weighted by molar-refractivity contribution is 7.92. The van der Waals surface area contributed by atoms with Gasteiger partial charge in [0.15, 0.2) is 0 Å². The van der Waals surface area contributed by atoms with Crippen LogP contribution in [0.15, 0.2) is 47.4 Å². The van der Waals surface area contributed by atoms with E-state index < -0.39 is 10.0 Å². The number of hydrogen-bond acceptors (Lipinski definition) is 4. The van der Waals surface area contributed by atoms with Crippen molar-refractivity contribution in [1.82, 2.24) is 0 Å². The minimum Gasteiger partial charge on any atom is -0.497 e. The van der Waals surface area contributed by atoms with Crippen molar-refractivity contribution in [2.75, 3.05) is 25.1 Å². The molecule has 1 aliphatic heterocycles. The smallest absolute Gasteiger partial charge is 0.264 e. The third-order valence-electron chi connectivity index (χ3n) is 4.02. The van der Waals surface area contributed by atoms with Crippen LogP contribution in [0.5, 0.6) is 11.5 Å². The first-order valence-electron chi connectivity index (χ1n) is 7.40. The van der Waals surface area contributed by atoms with E-state index in [0.29, 0.717) is 23.7 Å². The summed E-state index contributed by atoms with van der Waals surface area (Å²) in [7, 11) is -0.475. The molecule has 0 aromatic heterocycles. The minimum atomic E-state index is -3.60. The maximum absolute atomic E-state index is 13.0. The van der Waals surface area contributed by atoms with E-state index >= 15 is 0 Å². The highest BCUT2D eigenvalue weighted by Gasteiger charge is 2.29. The summed E-state index contributed by atoms with van der Waals surface area (Å²) in [5, 5.41) is 0. The molecule has 2 aromatic carbocycles. The number of fused-ring (bicyclic) bond motifs is 1. The van der Waals surface area contributed by atoms with Crippen molar-refractivity contribution in [3.05, 3.63) is 48.0 Å². The highest BCUT2D eigenvalue weighted by Crippen LogP contribution is 2.34. The zero-order chi connectivity index (χ0) is 16.4.